The number of aromatic nitrogens is 1. The first-order valence-corrected chi connectivity index (χ1v) is 9.68. The van der Waals surface area contributed by atoms with E-state index in [9.17, 15) is 4.79 Å². The van der Waals surface area contributed by atoms with Gasteiger partial charge in [-0.2, -0.15) is 0 Å². The summed E-state index contributed by atoms with van der Waals surface area (Å²) >= 11 is 0. The second kappa shape index (κ2) is 9.33. The predicted octanol–water partition coefficient (Wildman–Crippen LogP) is 4.75. The van der Waals surface area contributed by atoms with Gasteiger partial charge >= 0.3 is 0 Å². The van der Waals surface area contributed by atoms with E-state index in [0.717, 1.165) is 23.0 Å². The Hall–Kier alpha value is -2.92. The van der Waals surface area contributed by atoms with Crippen molar-refractivity contribution in [2.75, 3.05) is 25.1 Å². The molecule has 0 atom stereocenters. The molecule has 3 aromatic rings. The highest BCUT2D eigenvalue weighted by atomic mass is 16.5. The van der Waals surface area contributed by atoms with Gasteiger partial charge in [0.2, 0.25) is 0 Å². The zero-order chi connectivity index (χ0) is 19.9. The van der Waals surface area contributed by atoms with Gasteiger partial charge in [0.05, 0.1) is 11.1 Å². The van der Waals surface area contributed by atoms with E-state index in [0.29, 0.717) is 31.1 Å². The molecule has 3 rings (SSSR count). The fourth-order valence-corrected chi connectivity index (χ4v) is 3.01. The first kappa shape index (κ1) is 19.8. The Morgan fingerprint density at radius 2 is 1.89 bits per heavy atom. The first-order valence-electron chi connectivity index (χ1n) is 9.68. The summed E-state index contributed by atoms with van der Waals surface area (Å²) < 4.78 is 5.32. The minimum absolute atomic E-state index is 0.0989. The third-order valence-corrected chi connectivity index (χ3v) is 4.70. The Kier molecular flexibility index (Phi) is 6.61. The molecule has 0 saturated carbocycles. The second-order valence-corrected chi connectivity index (χ2v) is 6.80. The molecule has 0 aliphatic heterocycles. The molecule has 0 radical (unpaired) electrons. The summed E-state index contributed by atoms with van der Waals surface area (Å²) in [5.74, 6) is 0.555. The van der Waals surface area contributed by atoms with Gasteiger partial charge in [-0.3, -0.25) is 4.79 Å². The number of ether oxygens (including phenoxy) is 1. The lowest BCUT2D eigenvalue weighted by Crippen LogP contribution is -2.25. The van der Waals surface area contributed by atoms with E-state index in [1.807, 2.05) is 43.3 Å². The molecule has 1 aromatic heterocycles. The lowest BCUT2D eigenvalue weighted by Gasteiger charge is -2.12. The number of hydrogen-bond donors (Lipinski definition) is 2. The predicted molar refractivity (Wildman–Crippen MR) is 114 cm³/mol. The van der Waals surface area contributed by atoms with Gasteiger partial charge in [-0.05, 0) is 62.6 Å². The van der Waals surface area contributed by atoms with Crippen LogP contribution in [0.3, 0.4) is 0 Å². The number of amides is 1. The van der Waals surface area contributed by atoms with Crippen LogP contribution in [0.5, 0.6) is 0 Å². The number of nitrogens with zero attached hydrogens (tertiary/aromatic N) is 1. The summed E-state index contributed by atoms with van der Waals surface area (Å²) in [5, 5.41) is 7.16. The molecule has 0 unspecified atom stereocenters. The molecule has 2 N–H and O–H groups in total. The Morgan fingerprint density at radius 1 is 1.07 bits per heavy atom. The van der Waals surface area contributed by atoms with Gasteiger partial charge < -0.3 is 15.4 Å². The van der Waals surface area contributed by atoms with Crippen molar-refractivity contribution in [2.45, 2.75) is 27.2 Å². The number of anilines is 2. The van der Waals surface area contributed by atoms with E-state index in [-0.39, 0.29) is 5.91 Å². The maximum atomic E-state index is 12.8. The minimum Gasteiger partial charge on any atom is -0.382 e. The number of para-hydroxylation sites is 1. The highest BCUT2D eigenvalue weighted by Crippen LogP contribution is 2.24. The highest BCUT2D eigenvalue weighted by Gasteiger charge is 2.13. The van der Waals surface area contributed by atoms with Crippen molar-refractivity contribution in [2.24, 2.45) is 0 Å². The van der Waals surface area contributed by atoms with Gasteiger partial charge in [-0.15, -0.1) is 0 Å². The van der Waals surface area contributed by atoms with E-state index in [1.54, 1.807) is 0 Å². The quantitative estimate of drug-likeness (QED) is 0.556. The number of benzene rings is 2. The minimum atomic E-state index is -0.0989. The zero-order valence-corrected chi connectivity index (χ0v) is 16.7. The standard InChI is InChI=1S/C23H27N3O2/c1-4-28-13-7-12-24-23(27)20-15-22(26-21-9-6-5-8-19(20)21)25-18-11-10-16(2)17(3)14-18/h5-6,8-11,14-15H,4,7,12-13H2,1-3H3,(H,24,27)(H,25,26). The first-order chi connectivity index (χ1) is 13.6. The molecule has 0 aliphatic rings. The SMILES string of the molecule is CCOCCCNC(=O)c1cc(Nc2ccc(C)c(C)c2)nc2ccccc12. The summed E-state index contributed by atoms with van der Waals surface area (Å²) in [6.45, 7) is 8.04. The van der Waals surface area contributed by atoms with E-state index < -0.39 is 0 Å². The number of hydrogen-bond acceptors (Lipinski definition) is 4. The molecule has 28 heavy (non-hydrogen) atoms. The molecule has 146 valence electrons. The van der Waals surface area contributed by atoms with Crippen LogP contribution in [0, 0.1) is 13.8 Å². The second-order valence-electron chi connectivity index (χ2n) is 6.80. The van der Waals surface area contributed by atoms with Crippen molar-refractivity contribution in [3.05, 3.63) is 65.2 Å². The summed E-state index contributed by atoms with van der Waals surface area (Å²) in [6, 6.07) is 15.7. The lowest BCUT2D eigenvalue weighted by atomic mass is 10.1. The monoisotopic (exact) mass is 377 g/mol. The number of nitrogens with one attached hydrogen (secondary N) is 2. The van der Waals surface area contributed by atoms with Gasteiger partial charge in [0, 0.05) is 30.8 Å². The van der Waals surface area contributed by atoms with Crippen LogP contribution in [0.25, 0.3) is 10.9 Å². The van der Waals surface area contributed by atoms with Gasteiger partial charge in [0.1, 0.15) is 5.82 Å². The molecule has 0 spiro atoms. The summed E-state index contributed by atoms with van der Waals surface area (Å²) in [7, 11) is 0. The topological polar surface area (TPSA) is 63.2 Å². The summed E-state index contributed by atoms with van der Waals surface area (Å²) in [6.07, 6.45) is 0.788. The number of carbonyl (C=O) groups excluding carboxylic acids is 1. The van der Waals surface area contributed by atoms with E-state index in [4.69, 9.17) is 4.74 Å². The van der Waals surface area contributed by atoms with Crippen LogP contribution in [0.2, 0.25) is 0 Å². The van der Waals surface area contributed by atoms with Crippen LogP contribution in [0.4, 0.5) is 11.5 Å². The molecular weight excluding hydrogens is 350 g/mol. The average Bonchev–Trinajstić information content (AvgIpc) is 2.70. The zero-order valence-electron chi connectivity index (χ0n) is 16.7. The van der Waals surface area contributed by atoms with Crippen LogP contribution in [0.1, 0.15) is 34.8 Å². The average molecular weight is 377 g/mol. The Balaban J connectivity index is 1.84. The molecule has 0 bridgehead atoms. The lowest BCUT2D eigenvalue weighted by molar-refractivity contribution is 0.0946. The molecular formula is C23H27N3O2. The van der Waals surface area contributed by atoms with E-state index in [2.05, 4.69) is 41.6 Å². The van der Waals surface area contributed by atoms with Crippen LogP contribution >= 0.6 is 0 Å². The molecule has 0 saturated heterocycles. The van der Waals surface area contributed by atoms with Crippen LogP contribution in [-0.2, 0) is 4.74 Å². The number of rotatable bonds is 8. The van der Waals surface area contributed by atoms with Crippen LogP contribution in [-0.4, -0.2) is 30.6 Å². The Labute approximate surface area is 166 Å². The smallest absolute Gasteiger partial charge is 0.252 e. The normalized spacial score (nSPS) is 10.8. The maximum Gasteiger partial charge on any atom is 0.252 e. The van der Waals surface area contributed by atoms with Crippen molar-refractivity contribution in [3.63, 3.8) is 0 Å². The molecule has 1 amide bonds. The van der Waals surface area contributed by atoms with Gasteiger partial charge in [-0.1, -0.05) is 24.3 Å². The third kappa shape index (κ3) is 4.87. The molecule has 0 fully saturated rings. The molecule has 0 aliphatic carbocycles. The Morgan fingerprint density at radius 3 is 2.68 bits per heavy atom. The van der Waals surface area contributed by atoms with Gasteiger partial charge in [-0.25, -0.2) is 4.98 Å². The number of fused-ring (bicyclic) bond motifs is 1. The number of aryl methyl sites for hydroxylation is 2. The number of pyridine rings is 1. The van der Waals surface area contributed by atoms with E-state index >= 15 is 0 Å². The van der Waals surface area contributed by atoms with E-state index in [1.165, 1.54) is 11.1 Å². The van der Waals surface area contributed by atoms with Crippen molar-refractivity contribution >= 4 is 28.3 Å². The molecule has 5 heteroatoms. The van der Waals surface area contributed by atoms with Crippen LogP contribution in [0.15, 0.2) is 48.5 Å². The van der Waals surface area contributed by atoms with Gasteiger partial charge in [0.15, 0.2) is 0 Å². The Bertz CT molecular complexity index is 969. The van der Waals surface area contributed by atoms with Crippen molar-refractivity contribution in [1.82, 2.24) is 10.3 Å². The van der Waals surface area contributed by atoms with Crippen molar-refractivity contribution in [1.29, 1.82) is 0 Å². The maximum absolute atomic E-state index is 12.8. The number of carbonyl (C=O) groups is 1. The summed E-state index contributed by atoms with van der Waals surface area (Å²) in [4.78, 5) is 17.5. The van der Waals surface area contributed by atoms with Gasteiger partial charge in [0.25, 0.3) is 5.91 Å². The van der Waals surface area contributed by atoms with Crippen molar-refractivity contribution < 1.29 is 9.53 Å². The fraction of sp³-hybridized carbons (Fsp3) is 0.304. The van der Waals surface area contributed by atoms with Crippen LogP contribution < -0.4 is 10.6 Å². The largest absolute Gasteiger partial charge is 0.382 e. The highest BCUT2D eigenvalue weighted by molar-refractivity contribution is 6.07. The molecule has 1 heterocycles. The van der Waals surface area contributed by atoms with Crippen molar-refractivity contribution in [3.8, 4) is 0 Å². The fourth-order valence-electron chi connectivity index (χ4n) is 3.01. The third-order valence-electron chi connectivity index (χ3n) is 4.70. The molecule has 2 aromatic carbocycles. The molecule has 5 nitrogen and oxygen atoms in total. The summed E-state index contributed by atoms with van der Waals surface area (Å²) in [5.41, 5.74) is 4.81.